The van der Waals surface area contributed by atoms with E-state index < -0.39 is 12.2 Å². The Labute approximate surface area is 98.7 Å². The second-order valence-corrected chi connectivity index (χ2v) is 4.31. The molecule has 0 aromatic carbocycles. The lowest BCUT2D eigenvalue weighted by atomic mass is 10.2. The first kappa shape index (κ1) is 11.8. The number of hydrogen-bond acceptors (Lipinski definition) is 3. The molecule has 0 saturated carbocycles. The molecule has 1 aromatic rings. The van der Waals surface area contributed by atoms with Gasteiger partial charge in [-0.25, -0.2) is 0 Å². The fourth-order valence-electron chi connectivity index (χ4n) is 1.72. The summed E-state index contributed by atoms with van der Waals surface area (Å²) in [6, 6.07) is 1.60. The van der Waals surface area contributed by atoms with Crippen LogP contribution in [0.1, 0.15) is 0 Å². The first-order valence-corrected chi connectivity index (χ1v) is 5.57. The monoisotopic (exact) mass is 298 g/mol. The zero-order valence-electron chi connectivity index (χ0n) is 8.22. The minimum absolute atomic E-state index is 0.109. The molecule has 0 amide bonds. The maximum Gasteiger partial charge on any atom is 0.410 e. The van der Waals surface area contributed by atoms with Gasteiger partial charge >= 0.3 is 6.18 Å². The highest BCUT2D eigenvalue weighted by molar-refractivity contribution is 9.10. The molecule has 1 saturated heterocycles. The van der Waals surface area contributed by atoms with Gasteiger partial charge in [-0.1, -0.05) is 0 Å². The number of nitrogens with zero attached hydrogens (tertiary/aromatic N) is 1. The average Bonchev–Trinajstić information content (AvgIpc) is 2.64. The van der Waals surface area contributed by atoms with Gasteiger partial charge in [-0.2, -0.15) is 13.2 Å². The standard InChI is InChI=1S/C9H10BrF3N2O/c10-7-1-2-8(16-7)15-4-3-14-5-6(15)9(11,12)13/h1-2,6,14H,3-5H2. The Morgan fingerprint density at radius 3 is 2.75 bits per heavy atom. The van der Waals surface area contributed by atoms with Gasteiger partial charge in [-0.3, -0.25) is 0 Å². The van der Waals surface area contributed by atoms with Gasteiger partial charge < -0.3 is 14.6 Å². The Kier molecular flexibility index (Phi) is 3.16. The van der Waals surface area contributed by atoms with Crippen LogP contribution in [0.15, 0.2) is 21.2 Å². The summed E-state index contributed by atoms with van der Waals surface area (Å²) in [4.78, 5) is 1.24. The van der Waals surface area contributed by atoms with E-state index in [9.17, 15) is 13.2 Å². The molecule has 1 aromatic heterocycles. The van der Waals surface area contributed by atoms with E-state index in [0.29, 0.717) is 11.2 Å². The van der Waals surface area contributed by atoms with Crippen LogP contribution in [-0.4, -0.2) is 31.9 Å². The highest BCUT2D eigenvalue weighted by atomic mass is 79.9. The lowest BCUT2D eigenvalue weighted by Crippen LogP contribution is -2.57. The van der Waals surface area contributed by atoms with Crippen LogP contribution in [0.3, 0.4) is 0 Å². The topological polar surface area (TPSA) is 28.4 Å². The zero-order valence-corrected chi connectivity index (χ0v) is 9.81. The lowest BCUT2D eigenvalue weighted by molar-refractivity contribution is -0.150. The Hall–Kier alpha value is -0.690. The van der Waals surface area contributed by atoms with Crippen molar-refractivity contribution in [1.82, 2.24) is 5.32 Å². The predicted molar refractivity (Wildman–Crippen MR) is 56.5 cm³/mol. The fraction of sp³-hybridized carbons (Fsp3) is 0.556. The zero-order chi connectivity index (χ0) is 11.8. The molecule has 0 spiro atoms. The molecule has 2 rings (SSSR count). The molecular formula is C9H10BrF3N2O. The third-order valence-electron chi connectivity index (χ3n) is 2.46. The number of anilines is 1. The number of piperazine rings is 1. The molecule has 90 valence electrons. The van der Waals surface area contributed by atoms with Crippen molar-refractivity contribution in [2.75, 3.05) is 24.5 Å². The molecule has 0 bridgehead atoms. The van der Waals surface area contributed by atoms with Crippen molar-refractivity contribution in [3.8, 4) is 0 Å². The first-order chi connectivity index (χ1) is 7.48. The van der Waals surface area contributed by atoms with E-state index in [-0.39, 0.29) is 19.0 Å². The van der Waals surface area contributed by atoms with E-state index in [1.54, 1.807) is 6.07 Å². The Morgan fingerprint density at radius 1 is 1.44 bits per heavy atom. The molecule has 1 aliphatic heterocycles. The van der Waals surface area contributed by atoms with Crippen molar-refractivity contribution in [2.45, 2.75) is 12.2 Å². The smallest absolute Gasteiger partial charge is 0.410 e. The number of rotatable bonds is 1. The molecule has 1 aliphatic rings. The minimum Gasteiger partial charge on any atom is -0.434 e. The minimum atomic E-state index is -4.26. The van der Waals surface area contributed by atoms with Crippen molar-refractivity contribution in [3.05, 3.63) is 16.8 Å². The number of nitrogens with one attached hydrogen (secondary N) is 1. The Balaban J connectivity index is 2.23. The number of alkyl halides is 3. The van der Waals surface area contributed by atoms with Crippen molar-refractivity contribution in [1.29, 1.82) is 0 Å². The van der Waals surface area contributed by atoms with E-state index in [1.807, 2.05) is 0 Å². The first-order valence-electron chi connectivity index (χ1n) is 4.78. The van der Waals surface area contributed by atoms with Crippen molar-refractivity contribution in [2.24, 2.45) is 0 Å². The van der Waals surface area contributed by atoms with Crippen molar-refractivity contribution < 1.29 is 17.6 Å². The van der Waals surface area contributed by atoms with E-state index in [0.717, 1.165) is 0 Å². The fourth-order valence-corrected chi connectivity index (χ4v) is 2.02. The lowest BCUT2D eigenvalue weighted by Gasteiger charge is -2.36. The largest absolute Gasteiger partial charge is 0.434 e. The summed E-state index contributed by atoms with van der Waals surface area (Å²) in [5.41, 5.74) is 0. The maximum absolute atomic E-state index is 12.7. The van der Waals surface area contributed by atoms with Crippen LogP contribution >= 0.6 is 15.9 Å². The van der Waals surface area contributed by atoms with E-state index in [2.05, 4.69) is 21.2 Å². The third-order valence-corrected chi connectivity index (χ3v) is 2.89. The van der Waals surface area contributed by atoms with Gasteiger partial charge in [0, 0.05) is 25.7 Å². The van der Waals surface area contributed by atoms with Gasteiger partial charge in [0.05, 0.1) is 0 Å². The molecule has 3 nitrogen and oxygen atoms in total. The molecular weight excluding hydrogens is 289 g/mol. The van der Waals surface area contributed by atoms with E-state index in [4.69, 9.17) is 4.42 Å². The van der Waals surface area contributed by atoms with Crippen LogP contribution in [0.4, 0.5) is 19.1 Å². The summed E-state index contributed by atoms with van der Waals surface area (Å²) in [7, 11) is 0. The van der Waals surface area contributed by atoms with E-state index >= 15 is 0 Å². The molecule has 0 radical (unpaired) electrons. The summed E-state index contributed by atoms with van der Waals surface area (Å²) in [6.07, 6.45) is -4.26. The van der Waals surface area contributed by atoms with E-state index in [1.165, 1.54) is 11.0 Å². The third kappa shape index (κ3) is 2.35. The number of hydrogen-bond donors (Lipinski definition) is 1. The van der Waals surface area contributed by atoms with Crippen LogP contribution in [0.25, 0.3) is 0 Å². The highest BCUT2D eigenvalue weighted by Crippen LogP contribution is 2.31. The van der Waals surface area contributed by atoms with Crippen LogP contribution < -0.4 is 10.2 Å². The molecule has 1 unspecified atom stereocenters. The van der Waals surface area contributed by atoms with Crippen LogP contribution in [0, 0.1) is 0 Å². The summed E-state index contributed by atoms with van der Waals surface area (Å²) >= 11 is 3.08. The second-order valence-electron chi connectivity index (χ2n) is 3.53. The van der Waals surface area contributed by atoms with Crippen LogP contribution in [0.5, 0.6) is 0 Å². The molecule has 0 aliphatic carbocycles. The summed E-state index contributed by atoms with van der Waals surface area (Å²) in [5, 5.41) is 2.73. The van der Waals surface area contributed by atoms with Gasteiger partial charge in [0.2, 0.25) is 0 Å². The quantitative estimate of drug-likeness (QED) is 0.863. The van der Waals surface area contributed by atoms with Crippen LogP contribution in [0.2, 0.25) is 0 Å². The second kappa shape index (κ2) is 4.29. The van der Waals surface area contributed by atoms with Gasteiger partial charge in [-0.15, -0.1) is 0 Å². The highest BCUT2D eigenvalue weighted by Gasteiger charge is 2.45. The summed E-state index contributed by atoms with van der Waals surface area (Å²) in [6.45, 7) is 0.691. The van der Waals surface area contributed by atoms with Gasteiger partial charge in [-0.05, 0) is 22.0 Å². The van der Waals surface area contributed by atoms with Gasteiger partial charge in [0.1, 0.15) is 6.04 Å². The SMILES string of the molecule is FC(F)(F)C1CNCCN1c1ccc(Br)o1. The normalized spacial score (nSPS) is 22.5. The summed E-state index contributed by atoms with van der Waals surface area (Å²) in [5.74, 6) is 0.246. The Morgan fingerprint density at radius 2 is 2.19 bits per heavy atom. The maximum atomic E-state index is 12.7. The average molecular weight is 299 g/mol. The molecule has 16 heavy (non-hydrogen) atoms. The van der Waals surface area contributed by atoms with Crippen molar-refractivity contribution >= 4 is 21.8 Å². The summed E-state index contributed by atoms with van der Waals surface area (Å²) < 4.78 is 43.8. The number of furan rings is 1. The van der Waals surface area contributed by atoms with Gasteiger partial charge in [0.25, 0.3) is 0 Å². The molecule has 1 atom stereocenters. The number of halogens is 4. The molecule has 1 N–H and O–H groups in total. The van der Waals surface area contributed by atoms with Gasteiger partial charge in [0.15, 0.2) is 10.6 Å². The van der Waals surface area contributed by atoms with Crippen LogP contribution in [-0.2, 0) is 0 Å². The molecule has 7 heteroatoms. The van der Waals surface area contributed by atoms with Crippen molar-refractivity contribution in [3.63, 3.8) is 0 Å². The predicted octanol–water partition coefficient (Wildman–Crippen LogP) is 2.38. The molecule has 1 fully saturated rings. The molecule has 2 heterocycles. The Bertz CT molecular complexity index is 366.